The molecular weight excluding hydrogens is 530 g/mol. The summed E-state index contributed by atoms with van der Waals surface area (Å²) in [4.78, 5) is 4.41. The summed E-state index contributed by atoms with van der Waals surface area (Å²) in [6, 6.07) is 6.23. The van der Waals surface area contributed by atoms with Crippen LogP contribution in [0.25, 0.3) is 0 Å². The van der Waals surface area contributed by atoms with E-state index in [4.69, 9.17) is 4.74 Å². The quantitative estimate of drug-likeness (QED) is 0.274. The summed E-state index contributed by atoms with van der Waals surface area (Å²) in [6.45, 7) is 6.10. The van der Waals surface area contributed by atoms with Crippen molar-refractivity contribution >= 4 is 51.7 Å². The van der Waals surface area contributed by atoms with E-state index in [1.165, 1.54) is 6.07 Å². The summed E-state index contributed by atoms with van der Waals surface area (Å²) < 4.78 is 45.6. The number of benzene rings is 1. The van der Waals surface area contributed by atoms with Gasteiger partial charge in [0.05, 0.1) is 12.3 Å². The summed E-state index contributed by atoms with van der Waals surface area (Å²) in [5.74, 6) is 1.99. The van der Waals surface area contributed by atoms with Crippen LogP contribution in [0.5, 0.6) is 5.75 Å². The van der Waals surface area contributed by atoms with Crippen LogP contribution < -0.4 is 15.4 Å². The summed E-state index contributed by atoms with van der Waals surface area (Å²) in [7, 11) is -3.26. The SMILES string of the molecule is CCNC(=NCC(C)Oc1ccccc1F)NCCS(=O)(=O)N1CCSCC1.I. The van der Waals surface area contributed by atoms with Gasteiger partial charge in [-0.05, 0) is 26.0 Å². The third kappa shape index (κ3) is 9.26. The first-order valence-corrected chi connectivity index (χ1v) is 12.2. The van der Waals surface area contributed by atoms with Crippen molar-refractivity contribution in [2.45, 2.75) is 20.0 Å². The number of aliphatic imine (C=N–C) groups is 1. The maximum absolute atomic E-state index is 13.7. The lowest BCUT2D eigenvalue weighted by Gasteiger charge is -2.25. The number of nitrogens with zero attached hydrogens (tertiary/aromatic N) is 2. The predicted octanol–water partition coefficient (Wildman–Crippen LogP) is 2.14. The molecule has 1 heterocycles. The molecule has 1 atom stereocenters. The van der Waals surface area contributed by atoms with Gasteiger partial charge in [0.2, 0.25) is 10.0 Å². The van der Waals surface area contributed by atoms with Gasteiger partial charge in [0.1, 0.15) is 6.10 Å². The van der Waals surface area contributed by atoms with Gasteiger partial charge < -0.3 is 15.4 Å². The van der Waals surface area contributed by atoms with Gasteiger partial charge >= 0.3 is 0 Å². The molecule has 11 heteroatoms. The first-order chi connectivity index (χ1) is 13.4. The molecule has 2 rings (SSSR count). The van der Waals surface area contributed by atoms with E-state index in [1.54, 1.807) is 41.2 Å². The Labute approximate surface area is 194 Å². The largest absolute Gasteiger partial charge is 0.486 e. The van der Waals surface area contributed by atoms with E-state index >= 15 is 0 Å². The Bertz CT molecular complexity index is 746. The van der Waals surface area contributed by atoms with Crippen LogP contribution in [0.3, 0.4) is 0 Å². The zero-order valence-corrected chi connectivity index (χ0v) is 20.7. The molecule has 0 amide bonds. The third-order valence-electron chi connectivity index (χ3n) is 4.03. The molecule has 1 fully saturated rings. The Morgan fingerprint density at radius 3 is 2.66 bits per heavy atom. The molecular formula is C18H30FIN4O3S2. The average Bonchev–Trinajstić information content (AvgIpc) is 2.68. The predicted molar refractivity (Wildman–Crippen MR) is 129 cm³/mol. The van der Waals surface area contributed by atoms with Crippen LogP contribution in [-0.2, 0) is 10.0 Å². The van der Waals surface area contributed by atoms with Crippen LogP contribution in [0.1, 0.15) is 13.8 Å². The van der Waals surface area contributed by atoms with Gasteiger partial charge in [-0.3, -0.25) is 0 Å². The Morgan fingerprint density at radius 2 is 2.00 bits per heavy atom. The number of guanidine groups is 1. The van der Waals surface area contributed by atoms with Crippen LogP contribution in [0, 0.1) is 5.82 Å². The highest BCUT2D eigenvalue weighted by Gasteiger charge is 2.23. The molecule has 0 radical (unpaired) electrons. The number of sulfonamides is 1. The normalized spacial score (nSPS) is 16.6. The highest BCUT2D eigenvalue weighted by Crippen LogP contribution is 2.17. The number of ether oxygens (including phenoxy) is 1. The van der Waals surface area contributed by atoms with Crippen molar-refractivity contribution in [3.05, 3.63) is 30.1 Å². The highest BCUT2D eigenvalue weighted by atomic mass is 127. The fourth-order valence-electron chi connectivity index (χ4n) is 2.61. The number of hydrogen-bond donors (Lipinski definition) is 2. The summed E-state index contributed by atoms with van der Waals surface area (Å²) in [5.41, 5.74) is 0. The Hall–Kier alpha value is -0.790. The zero-order chi connectivity index (χ0) is 20.4. The molecule has 1 saturated heterocycles. The maximum Gasteiger partial charge on any atom is 0.215 e. The Balaban J connectivity index is 0.00000420. The van der Waals surface area contributed by atoms with Crippen LogP contribution in [-0.4, -0.2) is 74.8 Å². The standard InChI is InChI=1S/C18H29FN4O3S2.HI/c1-3-20-18(21-8-13-28(24,25)23-9-11-27-12-10-23)22-14-15(2)26-17-7-5-4-6-16(17)19;/h4-7,15H,3,8-14H2,1-2H3,(H2,20,21,22);1H. The van der Waals surface area contributed by atoms with Crippen LogP contribution >= 0.6 is 35.7 Å². The number of rotatable bonds is 9. The van der Waals surface area contributed by atoms with E-state index in [0.29, 0.717) is 32.1 Å². The van der Waals surface area contributed by atoms with E-state index < -0.39 is 15.8 Å². The third-order valence-corrected chi connectivity index (χ3v) is 6.85. The molecule has 7 nitrogen and oxygen atoms in total. The van der Waals surface area contributed by atoms with Crippen molar-refractivity contribution < 1.29 is 17.5 Å². The van der Waals surface area contributed by atoms with E-state index in [2.05, 4.69) is 15.6 Å². The maximum atomic E-state index is 13.7. The lowest BCUT2D eigenvalue weighted by atomic mass is 10.3. The molecule has 1 aliphatic rings. The van der Waals surface area contributed by atoms with Crippen molar-refractivity contribution in [1.82, 2.24) is 14.9 Å². The minimum Gasteiger partial charge on any atom is -0.486 e. The fourth-order valence-corrected chi connectivity index (χ4v) is 5.10. The van der Waals surface area contributed by atoms with Crippen molar-refractivity contribution in [2.24, 2.45) is 4.99 Å². The lowest BCUT2D eigenvalue weighted by Crippen LogP contribution is -2.44. The van der Waals surface area contributed by atoms with Gasteiger partial charge in [-0.25, -0.2) is 22.1 Å². The van der Waals surface area contributed by atoms with Crippen LogP contribution in [0.15, 0.2) is 29.3 Å². The summed E-state index contributed by atoms with van der Waals surface area (Å²) in [6.07, 6.45) is -0.332. The molecule has 1 aliphatic heterocycles. The molecule has 166 valence electrons. The van der Waals surface area contributed by atoms with E-state index in [1.807, 2.05) is 6.92 Å². The van der Waals surface area contributed by atoms with Gasteiger partial charge in [0.25, 0.3) is 0 Å². The van der Waals surface area contributed by atoms with Gasteiger partial charge in [-0.2, -0.15) is 11.8 Å². The minimum atomic E-state index is -3.26. The van der Waals surface area contributed by atoms with Gasteiger partial charge in [0, 0.05) is 37.7 Å². The Morgan fingerprint density at radius 1 is 1.31 bits per heavy atom. The van der Waals surface area contributed by atoms with Gasteiger partial charge in [-0.1, -0.05) is 12.1 Å². The molecule has 0 saturated carbocycles. The lowest BCUT2D eigenvalue weighted by molar-refractivity contribution is 0.220. The fraction of sp³-hybridized carbons (Fsp3) is 0.611. The van der Waals surface area contributed by atoms with Crippen molar-refractivity contribution in [2.75, 3.05) is 50.0 Å². The topological polar surface area (TPSA) is 83.0 Å². The van der Waals surface area contributed by atoms with Gasteiger partial charge in [-0.15, -0.1) is 24.0 Å². The van der Waals surface area contributed by atoms with E-state index in [9.17, 15) is 12.8 Å². The second-order valence-corrected chi connectivity index (χ2v) is 9.65. The summed E-state index contributed by atoms with van der Waals surface area (Å²) >= 11 is 1.77. The second kappa shape index (κ2) is 13.5. The molecule has 0 aliphatic carbocycles. The molecule has 0 aromatic heterocycles. The molecule has 1 aromatic rings. The van der Waals surface area contributed by atoms with Crippen molar-refractivity contribution in [3.63, 3.8) is 0 Å². The zero-order valence-electron chi connectivity index (χ0n) is 16.8. The molecule has 2 N–H and O–H groups in total. The average molecular weight is 560 g/mol. The van der Waals surface area contributed by atoms with Crippen LogP contribution in [0.2, 0.25) is 0 Å². The minimum absolute atomic E-state index is 0. The molecule has 1 aromatic carbocycles. The number of thioether (sulfide) groups is 1. The Kier molecular flexibility index (Phi) is 12.2. The van der Waals surface area contributed by atoms with Crippen LogP contribution in [0.4, 0.5) is 4.39 Å². The number of para-hydroxylation sites is 1. The second-order valence-electron chi connectivity index (χ2n) is 6.33. The smallest absolute Gasteiger partial charge is 0.215 e. The highest BCUT2D eigenvalue weighted by molar-refractivity contribution is 14.0. The first-order valence-electron chi connectivity index (χ1n) is 9.41. The molecule has 0 spiro atoms. The van der Waals surface area contributed by atoms with Gasteiger partial charge in [0.15, 0.2) is 17.5 Å². The van der Waals surface area contributed by atoms with E-state index in [0.717, 1.165) is 11.5 Å². The molecule has 1 unspecified atom stereocenters. The summed E-state index contributed by atoms with van der Waals surface area (Å²) in [5, 5.41) is 6.12. The number of hydrogen-bond acceptors (Lipinski definition) is 5. The first kappa shape index (κ1) is 26.2. The molecule has 29 heavy (non-hydrogen) atoms. The van der Waals surface area contributed by atoms with Crippen molar-refractivity contribution in [1.29, 1.82) is 0 Å². The number of halogens is 2. The molecule has 0 bridgehead atoms. The monoisotopic (exact) mass is 560 g/mol. The van der Waals surface area contributed by atoms with E-state index in [-0.39, 0.29) is 48.1 Å². The number of nitrogens with one attached hydrogen (secondary N) is 2. The van der Waals surface area contributed by atoms with Crippen molar-refractivity contribution in [3.8, 4) is 5.75 Å².